The van der Waals surface area contributed by atoms with Crippen LogP contribution >= 0.6 is 0 Å². The molecule has 6 heteroatoms. The summed E-state index contributed by atoms with van der Waals surface area (Å²) in [7, 11) is -3.65. The lowest BCUT2D eigenvalue weighted by Gasteiger charge is -2.49. The molecule has 0 saturated carbocycles. The van der Waals surface area contributed by atoms with Crippen LogP contribution in [0.3, 0.4) is 0 Å². The molecule has 0 amide bonds. The summed E-state index contributed by atoms with van der Waals surface area (Å²) < 4.78 is 28.1. The Labute approximate surface area is 167 Å². The smallest absolute Gasteiger partial charge is 0.243 e. The average molecular weight is 399 g/mol. The van der Waals surface area contributed by atoms with E-state index in [0.717, 1.165) is 6.54 Å². The Bertz CT molecular complexity index is 1030. The largest absolute Gasteiger partial charge is 0.295 e. The van der Waals surface area contributed by atoms with Crippen LogP contribution in [0.2, 0.25) is 0 Å². The minimum absolute atomic E-state index is 0.0456. The van der Waals surface area contributed by atoms with E-state index in [4.69, 9.17) is 0 Å². The third kappa shape index (κ3) is 3.19. The predicted molar refractivity (Wildman–Crippen MR) is 109 cm³/mol. The molecule has 2 aromatic carbocycles. The number of nitrogens with zero attached hydrogens (tertiary/aromatic N) is 2. The van der Waals surface area contributed by atoms with Crippen LogP contribution in [0.5, 0.6) is 0 Å². The first-order valence-corrected chi connectivity index (χ1v) is 11.1. The molecule has 148 valence electrons. The van der Waals surface area contributed by atoms with Crippen molar-refractivity contribution in [2.45, 2.75) is 37.1 Å². The Morgan fingerprint density at radius 2 is 1.82 bits per heavy atom. The van der Waals surface area contributed by atoms with Crippen molar-refractivity contribution in [3.8, 4) is 0 Å². The molecule has 2 aliphatic heterocycles. The summed E-state index contributed by atoms with van der Waals surface area (Å²) in [5.41, 5.74) is 2.99. The molecule has 0 N–H and O–H groups in total. The van der Waals surface area contributed by atoms with Crippen LogP contribution in [0.25, 0.3) is 0 Å². The Kier molecular flexibility index (Phi) is 4.68. The maximum Gasteiger partial charge on any atom is 0.243 e. The summed E-state index contributed by atoms with van der Waals surface area (Å²) in [6.07, 6.45) is 0. The maximum absolute atomic E-state index is 13.3. The Morgan fingerprint density at radius 1 is 1.07 bits per heavy atom. The van der Waals surface area contributed by atoms with Crippen LogP contribution in [-0.2, 0) is 15.4 Å². The van der Waals surface area contributed by atoms with E-state index >= 15 is 0 Å². The van der Waals surface area contributed by atoms with Gasteiger partial charge in [-0.2, -0.15) is 4.31 Å². The van der Waals surface area contributed by atoms with Gasteiger partial charge in [0.25, 0.3) is 0 Å². The van der Waals surface area contributed by atoms with Crippen LogP contribution in [0.15, 0.2) is 53.4 Å². The number of rotatable bonds is 3. The molecule has 2 aromatic rings. The van der Waals surface area contributed by atoms with Gasteiger partial charge in [0, 0.05) is 43.2 Å². The van der Waals surface area contributed by atoms with Gasteiger partial charge in [0.1, 0.15) is 0 Å². The van der Waals surface area contributed by atoms with Crippen LogP contribution in [0.1, 0.15) is 48.3 Å². The lowest BCUT2D eigenvalue weighted by Crippen LogP contribution is -2.55. The van der Waals surface area contributed by atoms with E-state index in [0.29, 0.717) is 25.2 Å². The summed E-state index contributed by atoms with van der Waals surface area (Å²) in [6, 6.07) is 14.8. The number of ketones is 1. The second-order valence-electron chi connectivity index (χ2n) is 8.40. The molecule has 4 rings (SSSR count). The van der Waals surface area contributed by atoms with Crippen LogP contribution < -0.4 is 0 Å². The fraction of sp³-hybridized carbons (Fsp3) is 0.409. The third-order valence-corrected chi connectivity index (χ3v) is 7.84. The molecule has 2 heterocycles. The predicted octanol–water partition coefficient (Wildman–Crippen LogP) is 3.23. The number of carbonyl (C=O) groups excluding carboxylic acids is 1. The Balaban J connectivity index is 1.68. The van der Waals surface area contributed by atoms with Crippen molar-refractivity contribution < 1.29 is 13.2 Å². The molecule has 1 atom stereocenters. The molecule has 1 unspecified atom stereocenters. The molecule has 0 aliphatic carbocycles. The van der Waals surface area contributed by atoms with Crippen molar-refractivity contribution in [2.75, 3.05) is 26.2 Å². The Hall–Kier alpha value is -2.02. The quantitative estimate of drug-likeness (QED) is 0.745. The van der Waals surface area contributed by atoms with Gasteiger partial charge < -0.3 is 0 Å². The molecule has 5 nitrogen and oxygen atoms in total. The highest BCUT2D eigenvalue weighted by molar-refractivity contribution is 7.89. The zero-order chi connectivity index (χ0) is 20.1. The molecule has 2 aliphatic rings. The highest BCUT2D eigenvalue weighted by Gasteiger charge is 2.42. The second kappa shape index (κ2) is 6.79. The SMILES string of the molecule is CC(=O)c1cccc(S(=O)(=O)N2CCN3CC(C)(C)c4ccccc4C3C2)c1. The van der Waals surface area contributed by atoms with Gasteiger partial charge in [0.2, 0.25) is 10.0 Å². The van der Waals surface area contributed by atoms with E-state index in [9.17, 15) is 13.2 Å². The lowest BCUT2D eigenvalue weighted by molar-refractivity contribution is 0.0807. The van der Waals surface area contributed by atoms with E-state index < -0.39 is 10.0 Å². The number of hydrogen-bond donors (Lipinski definition) is 0. The van der Waals surface area contributed by atoms with Crippen molar-refractivity contribution in [1.29, 1.82) is 0 Å². The first kappa shape index (κ1) is 19.3. The number of Topliss-reactive ketones (excluding diaryl/α,β-unsaturated/α-hetero) is 1. The standard InChI is InChI=1S/C22H26N2O3S/c1-16(25)17-7-6-8-18(13-17)28(26,27)24-12-11-23-15-22(2,3)20-10-5-4-9-19(20)21(23)14-24/h4-10,13,21H,11-12,14-15H2,1-3H3. The molecule has 0 radical (unpaired) electrons. The topological polar surface area (TPSA) is 57.7 Å². The van der Waals surface area contributed by atoms with Gasteiger partial charge in [-0.25, -0.2) is 8.42 Å². The van der Waals surface area contributed by atoms with Gasteiger partial charge >= 0.3 is 0 Å². The van der Waals surface area contributed by atoms with E-state index in [1.165, 1.54) is 24.1 Å². The molecule has 1 fully saturated rings. The van der Waals surface area contributed by atoms with Gasteiger partial charge in [0.05, 0.1) is 4.90 Å². The normalized spacial score (nSPS) is 22.3. The maximum atomic E-state index is 13.3. The van der Waals surface area contributed by atoms with Crippen LogP contribution in [0, 0.1) is 0 Å². The van der Waals surface area contributed by atoms with Crippen molar-refractivity contribution in [3.63, 3.8) is 0 Å². The fourth-order valence-electron chi connectivity index (χ4n) is 4.52. The van der Waals surface area contributed by atoms with Gasteiger partial charge in [-0.3, -0.25) is 9.69 Å². The van der Waals surface area contributed by atoms with Crippen molar-refractivity contribution in [3.05, 3.63) is 65.2 Å². The number of hydrogen-bond acceptors (Lipinski definition) is 4. The number of benzene rings is 2. The van der Waals surface area contributed by atoms with Crippen LogP contribution in [0.4, 0.5) is 0 Å². The first-order chi connectivity index (χ1) is 13.2. The zero-order valence-electron chi connectivity index (χ0n) is 16.6. The molecule has 0 spiro atoms. The highest BCUT2D eigenvalue weighted by atomic mass is 32.2. The minimum Gasteiger partial charge on any atom is -0.295 e. The number of piperazine rings is 1. The van der Waals surface area contributed by atoms with E-state index in [-0.39, 0.29) is 22.1 Å². The summed E-state index contributed by atoms with van der Waals surface area (Å²) >= 11 is 0. The van der Waals surface area contributed by atoms with E-state index in [1.807, 2.05) is 6.07 Å². The third-order valence-electron chi connectivity index (χ3n) is 5.98. The van der Waals surface area contributed by atoms with Gasteiger partial charge in [-0.15, -0.1) is 0 Å². The Morgan fingerprint density at radius 3 is 2.57 bits per heavy atom. The summed E-state index contributed by atoms with van der Waals surface area (Å²) in [5, 5.41) is 0. The molecule has 28 heavy (non-hydrogen) atoms. The van der Waals surface area contributed by atoms with Gasteiger partial charge in [-0.1, -0.05) is 50.2 Å². The summed E-state index contributed by atoms with van der Waals surface area (Å²) in [4.78, 5) is 14.3. The second-order valence-corrected chi connectivity index (χ2v) is 10.3. The molecule has 0 bridgehead atoms. The van der Waals surface area contributed by atoms with E-state index in [2.05, 4.69) is 36.9 Å². The lowest BCUT2D eigenvalue weighted by atomic mass is 9.75. The fourth-order valence-corrected chi connectivity index (χ4v) is 6.00. The van der Waals surface area contributed by atoms with Gasteiger partial charge in [0.15, 0.2) is 5.78 Å². The first-order valence-electron chi connectivity index (χ1n) is 9.65. The highest BCUT2D eigenvalue weighted by Crippen LogP contribution is 2.41. The van der Waals surface area contributed by atoms with Gasteiger partial charge in [-0.05, 0) is 30.2 Å². The van der Waals surface area contributed by atoms with Crippen LogP contribution in [-0.4, -0.2) is 49.6 Å². The number of fused-ring (bicyclic) bond motifs is 3. The van der Waals surface area contributed by atoms with Crippen molar-refractivity contribution in [1.82, 2.24) is 9.21 Å². The average Bonchev–Trinajstić information content (AvgIpc) is 2.67. The molecule has 0 aromatic heterocycles. The minimum atomic E-state index is -3.65. The van der Waals surface area contributed by atoms with Crippen molar-refractivity contribution in [2.24, 2.45) is 0 Å². The molecular weight excluding hydrogens is 372 g/mol. The number of sulfonamides is 1. The zero-order valence-corrected chi connectivity index (χ0v) is 17.4. The molecular formula is C22H26N2O3S. The summed E-state index contributed by atoms with van der Waals surface area (Å²) in [6.45, 7) is 8.46. The van der Waals surface area contributed by atoms with Crippen molar-refractivity contribution >= 4 is 15.8 Å². The summed E-state index contributed by atoms with van der Waals surface area (Å²) in [5.74, 6) is -0.134. The number of carbonyl (C=O) groups is 1. The monoisotopic (exact) mass is 398 g/mol. The van der Waals surface area contributed by atoms with E-state index in [1.54, 1.807) is 22.5 Å². The molecule has 1 saturated heterocycles.